The summed E-state index contributed by atoms with van der Waals surface area (Å²) in [5.41, 5.74) is 3.23. The molecule has 5 heteroatoms. The van der Waals surface area contributed by atoms with Crippen LogP contribution < -0.4 is 10.1 Å². The predicted molar refractivity (Wildman–Crippen MR) is 111 cm³/mol. The highest BCUT2D eigenvalue weighted by Gasteiger charge is 2.10. The standard InChI is InChI=1S/C23H29NO4/c1-5-6-13-27-23(26)18-9-11-20(12-10-18)24-22(25)15-28-21-14-19(16(2)3)8-7-17(21)4/h7-12,14,16H,5-6,13,15H2,1-4H3,(H,24,25). The summed E-state index contributed by atoms with van der Waals surface area (Å²) in [7, 11) is 0. The summed E-state index contributed by atoms with van der Waals surface area (Å²) >= 11 is 0. The summed E-state index contributed by atoms with van der Waals surface area (Å²) in [6.45, 7) is 8.56. The van der Waals surface area contributed by atoms with E-state index in [-0.39, 0.29) is 18.5 Å². The molecule has 1 N–H and O–H groups in total. The third-order valence-corrected chi connectivity index (χ3v) is 4.37. The van der Waals surface area contributed by atoms with Crippen molar-refractivity contribution in [3.63, 3.8) is 0 Å². The normalized spacial score (nSPS) is 10.6. The first-order chi connectivity index (χ1) is 13.4. The minimum atomic E-state index is -0.352. The van der Waals surface area contributed by atoms with Crippen LogP contribution in [0, 0.1) is 6.92 Å². The van der Waals surface area contributed by atoms with Gasteiger partial charge in [-0.1, -0.05) is 39.3 Å². The van der Waals surface area contributed by atoms with Crippen LogP contribution in [0.15, 0.2) is 42.5 Å². The third kappa shape index (κ3) is 6.41. The van der Waals surface area contributed by atoms with Gasteiger partial charge in [0.25, 0.3) is 5.91 Å². The van der Waals surface area contributed by atoms with Gasteiger partial charge >= 0.3 is 5.97 Å². The second-order valence-corrected chi connectivity index (χ2v) is 7.08. The fraction of sp³-hybridized carbons (Fsp3) is 0.391. The van der Waals surface area contributed by atoms with Crippen LogP contribution in [-0.2, 0) is 9.53 Å². The van der Waals surface area contributed by atoms with E-state index in [1.807, 2.05) is 26.0 Å². The summed E-state index contributed by atoms with van der Waals surface area (Å²) in [5.74, 6) is 0.498. The topological polar surface area (TPSA) is 64.6 Å². The Morgan fingerprint density at radius 1 is 1.07 bits per heavy atom. The molecule has 0 aromatic heterocycles. The van der Waals surface area contributed by atoms with E-state index in [1.54, 1.807) is 24.3 Å². The number of amides is 1. The number of rotatable bonds is 9. The van der Waals surface area contributed by atoms with Gasteiger partial charge < -0.3 is 14.8 Å². The lowest BCUT2D eigenvalue weighted by Crippen LogP contribution is -2.20. The van der Waals surface area contributed by atoms with Crippen molar-refractivity contribution in [1.82, 2.24) is 0 Å². The molecule has 0 bridgehead atoms. The fourth-order valence-electron chi connectivity index (χ4n) is 2.55. The van der Waals surface area contributed by atoms with Gasteiger partial charge in [-0.05, 0) is 60.7 Å². The SMILES string of the molecule is CCCCOC(=O)c1ccc(NC(=O)COc2cc(C(C)C)ccc2C)cc1. The lowest BCUT2D eigenvalue weighted by atomic mass is 10.0. The molecule has 2 aromatic rings. The van der Waals surface area contributed by atoms with Crippen LogP contribution in [0.25, 0.3) is 0 Å². The van der Waals surface area contributed by atoms with Gasteiger partial charge in [0.15, 0.2) is 6.61 Å². The molecule has 0 fully saturated rings. The molecular weight excluding hydrogens is 354 g/mol. The number of benzene rings is 2. The van der Waals surface area contributed by atoms with Crippen molar-refractivity contribution in [2.75, 3.05) is 18.5 Å². The Kier molecular flexibility index (Phi) is 8.05. The molecule has 1 amide bonds. The van der Waals surface area contributed by atoms with Crippen LogP contribution in [0.4, 0.5) is 5.69 Å². The lowest BCUT2D eigenvalue weighted by Gasteiger charge is -2.13. The maximum Gasteiger partial charge on any atom is 0.338 e. The minimum Gasteiger partial charge on any atom is -0.483 e. The van der Waals surface area contributed by atoms with Gasteiger partial charge in [0.2, 0.25) is 0 Å². The number of carbonyl (C=O) groups is 2. The average molecular weight is 383 g/mol. The summed E-state index contributed by atoms with van der Waals surface area (Å²) in [5, 5.41) is 2.77. The van der Waals surface area contributed by atoms with E-state index < -0.39 is 0 Å². The first-order valence-corrected chi connectivity index (χ1v) is 9.71. The highest BCUT2D eigenvalue weighted by Crippen LogP contribution is 2.24. The van der Waals surface area contributed by atoms with E-state index in [1.165, 1.54) is 5.56 Å². The Labute approximate surface area is 167 Å². The van der Waals surface area contributed by atoms with Crippen molar-refractivity contribution in [2.24, 2.45) is 0 Å². The van der Waals surface area contributed by atoms with Crippen molar-refractivity contribution in [1.29, 1.82) is 0 Å². The minimum absolute atomic E-state index is 0.0802. The number of aryl methyl sites for hydroxylation is 1. The van der Waals surface area contributed by atoms with Crippen LogP contribution in [0.2, 0.25) is 0 Å². The van der Waals surface area contributed by atoms with Gasteiger partial charge in [-0.25, -0.2) is 4.79 Å². The van der Waals surface area contributed by atoms with E-state index in [9.17, 15) is 9.59 Å². The second kappa shape index (κ2) is 10.5. The van der Waals surface area contributed by atoms with E-state index in [0.29, 0.717) is 29.5 Å². The predicted octanol–water partition coefficient (Wildman–Crippen LogP) is 5.09. The van der Waals surface area contributed by atoms with Gasteiger partial charge in [-0.15, -0.1) is 0 Å². The Morgan fingerprint density at radius 3 is 2.43 bits per heavy atom. The van der Waals surface area contributed by atoms with Crippen LogP contribution in [0.5, 0.6) is 5.75 Å². The molecule has 0 aliphatic rings. The Balaban J connectivity index is 1.88. The van der Waals surface area contributed by atoms with Crippen molar-refractivity contribution in [3.05, 3.63) is 59.2 Å². The molecule has 0 saturated carbocycles. The van der Waals surface area contributed by atoms with Crippen molar-refractivity contribution >= 4 is 17.6 Å². The Morgan fingerprint density at radius 2 is 1.79 bits per heavy atom. The monoisotopic (exact) mass is 383 g/mol. The first-order valence-electron chi connectivity index (χ1n) is 9.71. The molecule has 0 aliphatic heterocycles. The van der Waals surface area contributed by atoms with Crippen molar-refractivity contribution in [3.8, 4) is 5.75 Å². The molecular formula is C23H29NO4. The summed E-state index contributed by atoms with van der Waals surface area (Å²) < 4.78 is 10.9. The number of anilines is 1. The number of esters is 1. The van der Waals surface area contributed by atoms with E-state index in [0.717, 1.165) is 18.4 Å². The quantitative estimate of drug-likeness (QED) is 0.484. The van der Waals surface area contributed by atoms with Crippen molar-refractivity contribution in [2.45, 2.75) is 46.5 Å². The summed E-state index contributed by atoms with van der Waals surface area (Å²) in [4.78, 5) is 24.1. The van der Waals surface area contributed by atoms with Crippen LogP contribution >= 0.6 is 0 Å². The molecule has 2 rings (SSSR count). The number of hydrogen-bond acceptors (Lipinski definition) is 4. The molecule has 0 atom stereocenters. The van der Waals surface area contributed by atoms with Gasteiger partial charge in [0.05, 0.1) is 12.2 Å². The van der Waals surface area contributed by atoms with Crippen LogP contribution in [0.3, 0.4) is 0 Å². The molecule has 0 spiro atoms. The molecule has 2 aromatic carbocycles. The zero-order chi connectivity index (χ0) is 20.5. The number of carbonyl (C=O) groups excluding carboxylic acids is 2. The van der Waals surface area contributed by atoms with Gasteiger partial charge in [0, 0.05) is 5.69 Å². The average Bonchev–Trinajstić information content (AvgIpc) is 2.67. The lowest BCUT2D eigenvalue weighted by molar-refractivity contribution is -0.118. The van der Waals surface area contributed by atoms with E-state index in [2.05, 4.69) is 25.2 Å². The molecule has 0 saturated heterocycles. The van der Waals surface area contributed by atoms with Gasteiger partial charge in [0.1, 0.15) is 5.75 Å². The fourth-order valence-corrected chi connectivity index (χ4v) is 2.55. The maximum absolute atomic E-state index is 12.2. The molecule has 0 heterocycles. The Hall–Kier alpha value is -2.82. The number of ether oxygens (including phenoxy) is 2. The summed E-state index contributed by atoms with van der Waals surface area (Å²) in [6.07, 6.45) is 1.82. The van der Waals surface area contributed by atoms with Gasteiger partial charge in [-0.3, -0.25) is 4.79 Å². The summed E-state index contributed by atoms with van der Waals surface area (Å²) in [6, 6.07) is 12.7. The first kappa shape index (κ1) is 21.5. The molecule has 0 aliphatic carbocycles. The zero-order valence-corrected chi connectivity index (χ0v) is 17.1. The third-order valence-electron chi connectivity index (χ3n) is 4.37. The zero-order valence-electron chi connectivity index (χ0n) is 17.1. The smallest absolute Gasteiger partial charge is 0.338 e. The molecule has 0 radical (unpaired) electrons. The Bertz CT molecular complexity index is 797. The second-order valence-electron chi connectivity index (χ2n) is 7.08. The molecule has 150 valence electrons. The van der Waals surface area contributed by atoms with E-state index in [4.69, 9.17) is 9.47 Å². The highest BCUT2D eigenvalue weighted by atomic mass is 16.5. The molecule has 0 unspecified atom stereocenters. The highest BCUT2D eigenvalue weighted by molar-refractivity contribution is 5.93. The number of nitrogens with one attached hydrogen (secondary N) is 1. The van der Waals surface area contributed by atoms with E-state index >= 15 is 0 Å². The largest absolute Gasteiger partial charge is 0.483 e. The number of unbranched alkanes of at least 4 members (excludes halogenated alkanes) is 1. The van der Waals surface area contributed by atoms with Crippen molar-refractivity contribution < 1.29 is 19.1 Å². The van der Waals surface area contributed by atoms with Crippen LogP contribution in [0.1, 0.15) is 61.0 Å². The molecule has 5 nitrogen and oxygen atoms in total. The number of hydrogen-bond donors (Lipinski definition) is 1. The van der Waals surface area contributed by atoms with Gasteiger partial charge in [-0.2, -0.15) is 0 Å². The molecule has 28 heavy (non-hydrogen) atoms. The van der Waals surface area contributed by atoms with Crippen LogP contribution in [-0.4, -0.2) is 25.1 Å². The maximum atomic E-state index is 12.2.